The summed E-state index contributed by atoms with van der Waals surface area (Å²) >= 11 is 5.76. The van der Waals surface area contributed by atoms with Gasteiger partial charge in [-0.3, -0.25) is 4.90 Å². The Hall–Kier alpha value is -0.640. The van der Waals surface area contributed by atoms with Crippen LogP contribution in [-0.4, -0.2) is 34.7 Å². The Labute approximate surface area is 108 Å². The predicted octanol–water partition coefficient (Wildman–Crippen LogP) is 2.72. The van der Waals surface area contributed by atoms with Gasteiger partial charge in [-0.15, -0.1) is 0 Å². The van der Waals surface area contributed by atoms with E-state index in [2.05, 4.69) is 16.8 Å². The van der Waals surface area contributed by atoms with Crippen molar-refractivity contribution in [2.45, 2.75) is 32.7 Å². The number of halogens is 1. The Morgan fingerprint density at radius 1 is 1.29 bits per heavy atom. The molecule has 0 aliphatic heterocycles. The number of aliphatic hydroxyl groups excluding tert-OH is 1. The fourth-order valence-electron chi connectivity index (χ4n) is 1.70. The average Bonchev–Trinajstić information content (AvgIpc) is 2.35. The highest BCUT2D eigenvalue weighted by Crippen LogP contribution is 2.09. The lowest BCUT2D eigenvalue weighted by atomic mass is 10.2. The SMILES string of the molecule is CCCCN(CCCO)Cc1ccc(Cl)nc1. The summed E-state index contributed by atoms with van der Waals surface area (Å²) in [6, 6.07) is 3.83. The second kappa shape index (κ2) is 8.45. The molecule has 0 aliphatic carbocycles. The lowest BCUT2D eigenvalue weighted by Crippen LogP contribution is -2.26. The maximum atomic E-state index is 8.89. The third kappa shape index (κ3) is 6.01. The number of aromatic nitrogens is 1. The van der Waals surface area contributed by atoms with Gasteiger partial charge in [0.15, 0.2) is 0 Å². The van der Waals surface area contributed by atoms with Gasteiger partial charge < -0.3 is 5.11 Å². The lowest BCUT2D eigenvalue weighted by molar-refractivity contribution is 0.216. The molecule has 0 bridgehead atoms. The van der Waals surface area contributed by atoms with E-state index in [1.54, 1.807) is 0 Å². The van der Waals surface area contributed by atoms with Crippen LogP contribution >= 0.6 is 11.6 Å². The second-order valence-electron chi connectivity index (χ2n) is 4.20. The maximum absolute atomic E-state index is 8.89. The van der Waals surface area contributed by atoms with Crippen LogP contribution in [0.25, 0.3) is 0 Å². The first-order chi connectivity index (χ1) is 8.26. The highest BCUT2D eigenvalue weighted by molar-refractivity contribution is 6.29. The summed E-state index contributed by atoms with van der Waals surface area (Å²) in [5.74, 6) is 0. The summed E-state index contributed by atoms with van der Waals surface area (Å²) in [5.41, 5.74) is 1.17. The molecule has 0 aromatic carbocycles. The standard InChI is InChI=1S/C13H21ClN2O/c1-2-3-7-16(8-4-9-17)11-12-5-6-13(14)15-10-12/h5-6,10,17H,2-4,7-9,11H2,1H3. The molecule has 1 N–H and O–H groups in total. The number of hydrogen-bond donors (Lipinski definition) is 1. The lowest BCUT2D eigenvalue weighted by Gasteiger charge is -2.21. The molecule has 0 radical (unpaired) electrons. The van der Waals surface area contributed by atoms with Crippen molar-refractivity contribution in [1.82, 2.24) is 9.88 Å². The Balaban J connectivity index is 2.48. The number of unbranched alkanes of at least 4 members (excludes halogenated alkanes) is 1. The maximum Gasteiger partial charge on any atom is 0.129 e. The van der Waals surface area contributed by atoms with Gasteiger partial charge in [-0.2, -0.15) is 0 Å². The smallest absolute Gasteiger partial charge is 0.129 e. The van der Waals surface area contributed by atoms with E-state index in [1.807, 2.05) is 18.3 Å². The monoisotopic (exact) mass is 256 g/mol. The molecule has 0 spiro atoms. The largest absolute Gasteiger partial charge is 0.396 e. The zero-order chi connectivity index (χ0) is 12.5. The quantitative estimate of drug-likeness (QED) is 0.727. The molecular formula is C13H21ClN2O. The molecule has 0 amide bonds. The second-order valence-corrected chi connectivity index (χ2v) is 4.58. The molecule has 17 heavy (non-hydrogen) atoms. The molecule has 4 heteroatoms. The predicted molar refractivity (Wildman–Crippen MR) is 71.1 cm³/mol. The van der Waals surface area contributed by atoms with Crippen molar-refractivity contribution in [3.05, 3.63) is 29.0 Å². The van der Waals surface area contributed by atoms with Crippen LogP contribution in [0.3, 0.4) is 0 Å². The van der Waals surface area contributed by atoms with Gasteiger partial charge in [-0.05, 0) is 31.0 Å². The van der Waals surface area contributed by atoms with Crippen molar-refractivity contribution in [3.8, 4) is 0 Å². The summed E-state index contributed by atoms with van der Waals surface area (Å²) in [5, 5.41) is 9.42. The van der Waals surface area contributed by atoms with Crippen molar-refractivity contribution >= 4 is 11.6 Å². The Morgan fingerprint density at radius 3 is 2.65 bits per heavy atom. The van der Waals surface area contributed by atoms with Crippen molar-refractivity contribution in [2.75, 3.05) is 19.7 Å². The van der Waals surface area contributed by atoms with Crippen LogP contribution in [0, 0.1) is 0 Å². The molecule has 0 saturated heterocycles. The van der Waals surface area contributed by atoms with Gasteiger partial charge in [0.05, 0.1) is 0 Å². The summed E-state index contributed by atoms with van der Waals surface area (Å²) in [4.78, 5) is 6.43. The average molecular weight is 257 g/mol. The van der Waals surface area contributed by atoms with E-state index in [4.69, 9.17) is 16.7 Å². The third-order valence-electron chi connectivity index (χ3n) is 2.66. The Morgan fingerprint density at radius 2 is 2.06 bits per heavy atom. The molecule has 96 valence electrons. The van der Waals surface area contributed by atoms with Gasteiger partial charge in [0.25, 0.3) is 0 Å². The Bertz CT molecular complexity index is 295. The van der Waals surface area contributed by atoms with Crippen molar-refractivity contribution < 1.29 is 5.11 Å². The van der Waals surface area contributed by atoms with Gasteiger partial charge in [0.2, 0.25) is 0 Å². The van der Waals surface area contributed by atoms with Gasteiger partial charge in [-0.25, -0.2) is 4.98 Å². The van der Waals surface area contributed by atoms with Crippen molar-refractivity contribution in [1.29, 1.82) is 0 Å². The zero-order valence-corrected chi connectivity index (χ0v) is 11.2. The molecule has 0 aliphatic rings. The zero-order valence-electron chi connectivity index (χ0n) is 10.4. The molecule has 1 aromatic rings. The van der Waals surface area contributed by atoms with Gasteiger partial charge in [-0.1, -0.05) is 31.0 Å². The minimum Gasteiger partial charge on any atom is -0.396 e. The van der Waals surface area contributed by atoms with Crippen LogP contribution in [0.4, 0.5) is 0 Å². The van der Waals surface area contributed by atoms with E-state index in [0.29, 0.717) is 5.15 Å². The highest BCUT2D eigenvalue weighted by Gasteiger charge is 2.05. The minimum atomic E-state index is 0.251. The van der Waals surface area contributed by atoms with E-state index in [1.165, 1.54) is 18.4 Å². The third-order valence-corrected chi connectivity index (χ3v) is 2.88. The van der Waals surface area contributed by atoms with Crippen LogP contribution in [0.1, 0.15) is 31.7 Å². The van der Waals surface area contributed by atoms with Gasteiger partial charge in [0.1, 0.15) is 5.15 Å². The highest BCUT2D eigenvalue weighted by atomic mass is 35.5. The van der Waals surface area contributed by atoms with E-state index >= 15 is 0 Å². The normalized spacial score (nSPS) is 11.1. The van der Waals surface area contributed by atoms with Crippen LogP contribution in [-0.2, 0) is 6.54 Å². The molecule has 0 fully saturated rings. The number of nitrogens with zero attached hydrogens (tertiary/aromatic N) is 2. The van der Waals surface area contributed by atoms with Crippen LogP contribution in [0.2, 0.25) is 5.15 Å². The first kappa shape index (κ1) is 14.4. The molecule has 1 heterocycles. The van der Waals surface area contributed by atoms with Crippen LogP contribution in [0.15, 0.2) is 18.3 Å². The molecule has 1 rings (SSSR count). The number of rotatable bonds is 8. The molecule has 0 saturated carbocycles. The van der Waals surface area contributed by atoms with Crippen molar-refractivity contribution in [2.24, 2.45) is 0 Å². The number of aliphatic hydroxyl groups is 1. The summed E-state index contributed by atoms with van der Waals surface area (Å²) in [7, 11) is 0. The number of pyridine rings is 1. The van der Waals surface area contributed by atoms with Crippen LogP contribution < -0.4 is 0 Å². The van der Waals surface area contributed by atoms with E-state index in [0.717, 1.165) is 26.1 Å². The Kier molecular flexibility index (Phi) is 7.17. The van der Waals surface area contributed by atoms with E-state index < -0.39 is 0 Å². The summed E-state index contributed by atoms with van der Waals surface area (Å²) < 4.78 is 0. The molecule has 1 aromatic heterocycles. The van der Waals surface area contributed by atoms with Gasteiger partial charge >= 0.3 is 0 Å². The van der Waals surface area contributed by atoms with Crippen molar-refractivity contribution in [3.63, 3.8) is 0 Å². The van der Waals surface area contributed by atoms with E-state index in [-0.39, 0.29) is 6.61 Å². The first-order valence-electron chi connectivity index (χ1n) is 6.20. The topological polar surface area (TPSA) is 36.4 Å². The van der Waals surface area contributed by atoms with E-state index in [9.17, 15) is 0 Å². The minimum absolute atomic E-state index is 0.251. The molecule has 0 unspecified atom stereocenters. The fourth-order valence-corrected chi connectivity index (χ4v) is 1.82. The first-order valence-corrected chi connectivity index (χ1v) is 6.57. The van der Waals surface area contributed by atoms with Crippen LogP contribution in [0.5, 0.6) is 0 Å². The molecule has 3 nitrogen and oxygen atoms in total. The van der Waals surface area contributed by atoms with Gasteiger partial charge in [0, 0.05) is 25.9 Å². The number of hydrogen-bond acceptors (Lipinski definition) is 3. The fraction of sp³-hybridized carbons (Fsp3) is 0.615. The summed E-state index contributed by atoms with van der Waals surface area (Å²) in [6.45, 7) is 5.32. The molecular weight excluding hydrogens is 236 g/mol. The molecule has 0 atom stereocenters. The summed E-state index contributed by atoms with van der Waals surface area (Å²) in [6.07, 6.45) is 5.02.